The lowest BCUT2D eigenvalue weighted by Gasteiger charge is -2.40. The Morgan fingerprint density at radius 2 is 1.56 bits per heavy atom. The minimum absolute atomic E-state index is 0.0966. The number of likely N-dealkylation sites (tertiary alicyclic amines) is 1. The average molecular weight is 456 g/mol. The maximum absolute atomic E-state index is 11.3. The molecule has 6 rings (SSSR count). The fourth-order valence-electron chi connectivity index (χ4n) is 6.94. The summed E-state index contributed by atoms with van der Waals surface area (Å²) in [6.07, 6.45) is 2.60. The Hall–Kier alpha value is -2.82. The maximum atomic E-state index is 11.3. The number of hydrogen-bond donors (Lipinski definition) is 1. The largest absolute Gasteiger partial charge is 0.497 e. The Balaban J connectivity index is 1.21. The fourth-order valence-corrected chi connectivity index (χ4v) is 6.94. The van der Waals surface area contributed by atoms with Crippen LogP contribution >= 0.6 is 0 Å². The molecule has 0 radical (unpaired) electrons. The van der Waals surface area contributed by atoms with Gasteiger partial charge in [-0.1, -0.05) is 48.5 Å². The van der Waals surface area contributed by atoms with Crippen LogP contribution in [0.5, 0.6) is 11.5 Å². The van der Waals surface area contributed by atoms with Crippen LogP contribution in [0.25, 0.3) is 0 Å². The molecule has 2 bridgehead atoms. The fraction of sp³-hybridized carbons (Fsp3) is 0.400. The van der Waals surface area contributed by atoms with Crippen molar-refractivity contribution >= 4 is 0 Å². The van der Waals surface area contributed by atoms with E-state index in [0.29, 0.717) is 5.92 Å². The average Bonchev–Trinajstić information content (AvgIpc) is 3.40. The molecule has 0 aromatic heterocycles. The summed E-state index contributed by atoms with van der Waals surface area (Å²) in [7, 11) is 3.31. The molecule has 1 N–H and O–H groups in total. The Morgan fingerprint density at radius 1 is 0.912 bits per heavy atom. The number of nitrogens with zero attached hydrogens (tertiary/aromatic N) is 1. The minimum atomic E-state index is -0.547. The number of aliphatic hydroxyl groups is 1. The van der Waals surface area contributed by atoms with Gasteiger partial charge in [0.25, 0.3) is 0 Å². The molecule has 3 aliphatic rings. The highest BCUT2D eigenvalue weighted by Gasteiger charge is 2.53. The standard InChI is InChI=1S/C30H33NO3/c1-33-21-11-12-28(34-2)24(17-21)29(32)20-13-15-31(16-14-20)19-30-18-25(22-7-3-5-9-26(22)30)23-8-4-6-10-27(23)30/h3-12,17,20,25,29,32H,13-16,18-19H2,1-2H3/t25?,29-,30?/m1/s1. The summed E-state index contributed by atoms with van der Waals surface area (Å²) in [6, 6.07) is 23.9. The van der Waals surface area contributed by atoms with Crippen LogP contribution < -0.4 is 9.47 Å². The summed E-state index contributed by atoms with van der Waals surface area (Å²) in [5.74, 6) is 2.23. The lowest BCUT2D eigenvalue weighted by molar-refractivity contribution is 0.0523. The van der Waals surface area contributed by atoms with Gasteiger partial charge in [0, 0.05) is 23.4 Å². The second-order valence-electron chi connectivity index (χ2n) is 10.2. The Kier molecular flexibility index (Phi) is 5.39. The topological polar surface area (TPSA) is 41.9 Å². The highest BCUT2D eigenvalue weighted by atomic mass is 16.5. The SMILES string of the molecule is COc1ccc(OC)c([C@H](O)C2CCN(CC34CC(c5ccccc53)c3ccccc34)CC2)c1. The van der Waals surface area contributed by atoms with Crippen molar-refractivity contribution in [3.05, 3.63) is 94.5 Å². The summed E-state index contributed by atoms with van der Waals surface area (Å²) in [6.45, 7) is 3.07. The number of fused-ring (bicyclic) bond motifs is 8. The van der Waals surface area contributed by atoms with E-state index in [9.17, 15) is 5.11 Å². The van der Waals surface area contributed by atoms with Crippen molar-refractivity contribution in [1.82, 2.24) is 4.90 Å². The van der Waals surface area contributed by atoms with Gasteiger partial charge >= 0.3 is 0 Å². The predicted molar refractivity (Wildman–Crippen MR) is 134 cm³/mol. The van der Waals surface area contributed by atoms with E-state index in [1.54, 1.807) is 14.2 Å². The zero-order valence-electron chi connectivity index (χ0n) is 20.0. The van der Waals surface area contributed by atoms with Gasteiger partial charge in [0.2, 0.25) is 0 Å². The van der Waals surface area contributed by atoms with E-state index >= 15 is 0 Å². The summed E-state index contributed by atoms with van der Waals surface area (Å²) in [5.41, 5.74) is 7.03. The molecule has 0 saturated carbocycles. The van der Waals surface area contributed by atoms with Crippen LogP contribution in [-0.4, -0.2) is 43.9 Å². The summed E-state index contributed by atoms with van der Waals surface area (Å²) in [4.78, 5) is 2.63. The number of rotatable bonds is 6. The van der Waals surface area contributed by atoms with E-state index in [4.69, 9.17) is 9.47 Å². The van der Waals surface area contributed by atoms with E-state index in [-0.39, 0.29) is 11.3 Å². The van der Waals surface area contributed by atoms with Crippen molar-refractivity contribution in [3.63, 3.8) is 0 Å². The van der Waals surface area contributed by atoms with Crippen LogP contribution in [-0.2, 0) is 5.41 Å². The van der Waals surface area contributed by atoms with E-state index in [0.717, 1.165) is 49.5 Å². The first-order valence-electron chi connectivity index (χ1n) is 12.5. The number of benzene rings is 3. The number of methoxy groups -OCH3 is 2. The number of ether oxygens (including phenoxy) is 2. The smallest absolute Gasteiger partial charge is 0.124 e. The zero-order valence-corrected chi connectivity index (χ0v) is 20.0. The van der Waals surface area contributed by atoms with E-state index in [2.05, 4.69) is 53.4 Å². The zero-order chi connectivity index (χ0) is 23.3. The van der Waals surface area contributed by atoms with Gasteiger partial charge in [-0.2, -0.15) is 0 Å². The molecule has 1 saturated heterocycles. The van der Waals surface area contributed by atoms with Gasteiger partial charge in [0.15, 0.2) is 0 Å². The van der Waals surface area contributed by atoms with Gasteiger partial charge in [-0.15, -0.1) is 0 Å². The molecule has 1 heterocycles. The van der Waals surface area contributed by atoms with Gasteiger partial charge in [-0.25, -0.2) is 0 Å². The molecule has 2 aliphatic carbocycles. The molecule has 176 valence electrons. The third-order valence-corrected chi connectivity index (χ3v) is 8.58. The van der Waals surface area contributed by atoms with Gasteiger partial charge in [-0.3, -0.25) is 0 Å². The molecule has 1 aliphatic heterocycles. The Labute approximate surface area is 202 Å². The maximum Gasteiger partial charge on any atom is 0.124 e. The van der Waals surface area contributed by atoms with Crippen molar-refractivity contribution in [2.75, 3.05) is 33.9 Å². The van der Waals surface area contributed by atoms with Gasteiger partial charge < -0.3 is 19.5 Å². The summed E-state index contributed by atoms with van der Waals surface area (Å²) < 4.78 is 10.9. The quantitative estimate of drug-likeness (QED) is 0.549. The van der Waals surface area contributed by atoms with Crippen LogP contribution in [0.2, 0.25) is 0 Å². The molecular weight excluding hydrogens is 422 g/mol. The molecular formula is C30H33NO3. The van der Waals surface area contributed by atoms with Crippen molar-refractivity contribution < 1.29 is 14.6 Å². The molecule has 0 unspecified atom stereocenters. The number of piperidine rings is 1. The lowest BCUT2D eigenvalue weighted by Crippen LogP contribution is -2.44. The third-order valence-electron chi connectivity index (χ3n) is 8.58. The summed E-state index contributed by atoms with van der Waals surface area (Å²) in [5, 5.41) is 11.3. The Morgan fingerprint density at radius 3 is 2.18 bits per heavy atom. The third kappa shape index (κ3) is 3.27. The van der Waals surface area contributed by atoms with E-state index < -0.39 is 6.10 Å². The van der Waals surface area contributed by atoms with Crippen LogP contribution in [0.4, 0.5) is 0 Å². The molecule has 1 atom stereocenters. The van der Waals surface area contributed by atoms with Crippen LogP contribution in [0, 0.1) is 5.92 Å². The first-order chi connectivity index (χ1) is 16.6. The van der Waals surface area contributed by atoms with E-state index in [1.165, 1.54) is 28.7 Å². The second kappa shape index (κ2) is 8.44. The highest BCUT2D eigenvalue weighted by molar-refractivity contribution is 5.63. The van der Waals surface area contributed by atoms with E-state index in [1.807, 2.05) is 18.2 Å². The first-order valence-corrected chi connectivity index (χ1v) is 12.5. The molecule has 4 heteroatoms. The highest BCUT2D eigenvalue weighted by Crippen LogP contribution is 2.60. The minimum Gasteiger partial charge on any atom is -0.497 e. The lowest BCUT2D eigenvalue weighted by atomic mass is 9.74. The first kappa shape index (κ1) is 21.7. The van der Waals surface area contributed by atoms with Gasteiger partial charge in [0.05, 0.1) is 20.3 Å². The van der Waals surface area contributed by atoms with Crippen molar-refractivity contribution in [2.45, 2.75) is 36.7 Å². The molecule has 3 aromatic carbocycles. The van der Waals surface area contributed by atoms with Crippen molar-refractivity contribution in [2.24, 2.45) is 5.92 Å². The Bertz CT molecular complexity index is 1150. The molecule has 34 heavy (non-hydrogen) atoms. The van der Waals surface area contributed by atoms with Gasteiger partial charge in [-0.05, 0) is 78.7 Å². The second-order valence-corrected chi connectivity index (χ2v) is 10.2. The summed E-state index contributed by atoms with van der Waals surface area (Å²) >= 11 is 0. The molecule has 4 nitrogen and oxygen atoms in total. The molecule has 0 spiro atoms. The monoisotopic (exact) mass is 455 g/mol. The van der Waals surface area contributed by atoms with Crippen molar-refractivity contribution in [1.29, 1.82) is 0 Å². The molecule has 0 amide bonds. The number of hydrogen-bond acceptors (Lipinski definition) is 4. The van der Waals surface area contributed by atoms with Crippen LogP contribution in [0.3, 0.4) is 0 Å². The molecule has 1 fully saturated rings. The van der Waals surface area contributed by atoms with Crippen LogP contribution in [0.15, 0.2) is 66.7 Å². The normalized spacial score (nSPS) is 24.5. The predicted octanol–water partition coefficient (Wildman–Crippen LogP) is 5.28. The van der Waals surface area contributed by atoms with Gasteiger partial charge in [0.1, 0.15) is 11.5 Å². The van der Waals surface area contributed by atoms with Crippen molar-refractivity contribution in [3.8, 4) is 11.5 Å². The van der Waals surface area contributed by atoms with Crippen LogP contribution in [0.1, 0.15) is 59.1 Å². The molecule has 3 aromatic rings. The number of aliphatic hydroxyl groups excluding tert-OH is 1.